The Kier molecular flexibility index (Phi) is 14.0. The van der Waals surface area contributed by atoms with Crippen LogP contribution in [0.4, 0.5) is 0 Å². The summed E-state index contributed by atoms with van der Waals surface area (Å²) in [6.45, 7) is -0.500. The molecule has 0 amide bonds. The average Bonchev–Trinajstić information content (AvgIpc) is 3.34. The van der Waals surface area contributed by atoms with Crippen molar-refractivity contribution in [1.82, 2.24) is 0 Å². The molecule has 0 aliphatic heterocycles. The van der Waals surface area contributed by atoms with Gasteiger partial charge in [-0.25, -0.2) is 0 Å². The predicted molar refractivity (Wildman–Crippen MR) is 104 cm³/mol. The van der Waals surface area contributed by atoms with Crippen LogP contribution in [0.2, 0.25) is 0 Å². The van der Waals surface area contributed by atoms with Crippen molar-refractivity contribution in [1.29, 1.82) is 0 Å². The van der Waals surface area contributed by atoms with E-state index in [1.54, 1.807) is 20.0 Å². The molecule has 2 N–H and O–H groups in total. The Morgan fingerprint density at radius 2 is 1.00 bits per heavy atom. The van der Waals surface area contributed by atoms with Crippen molar-refractivity contribution in [2.24, 2.45) is 0 Å². The van der Waals surface area contributed by atoms with Crippen molar-refractivity contribution in [3.63, 3.8) is 0 Å². The van der Waals surface area contributed by atoms with Gasteiger partial charge in [-0.2, -0.15) is 35.0 Å². The number of hydrogen-bond donors (Lipinski definition) is 2. The molecule has 0 aliphatic rings. The van der Waals surface area contributed by atoms with Gasteiger partial charge in [-0.3, -0.25) is 9.59 Å². The molecule has 4 aromatic rings. The van der Waals surface area contributed by atoms with E-state index in [9.17, 15) is 0 Å². The van der Waals surface area contributed by atoms with Crippen molar-refractivity contribution in [3.05, 3.63) is 84.9 Å². The third kappa shape index (κ3) is 8.88. The van der Waals surface area contributed by atoms with Crippen LogP contribution in [0.1, 0.15) is 0 Å². The first-order chi connectivity index (χ1) is 12.8. The first-order valence-electron chi connectivity index (χ1n) is 7.48. The summed E-state index contributed by atoms with van der Waals surface area (Å²) < 4.78 is 0. The van der Waals surface area contributed by atoms with Gasteiger partial charge in [0, 0.05) is 0 Å². The van der Waals surface area contributed by atoms with E-state index in [1.807, 2.05) is 0 Å². The van der Waals surface area contributed by atoms with Crippen molar-refractivity contribution >= 4 is 39.3 Å². The van der Waals surface area contributed by atoms with E-state index in [-0.39, 0.29) is 12.9 Å². The Balaban J connectivity index is 0.000000348. The van der Waals surface area contributed by atoms with Gasteiger partial charge in [-0.1, -0.05) is 12.1 Å². The zero-order valence-electron chi connectivity index (χ0n) is 14.2. The van der Waals surface area contributed by atoms with Gasteiger partial charge < -0.3 is 10.2 Å². The summed E-state index contributed by atoms with van der Waals surface area (Å²) >= 11 is 1.75. The molecule has 0 radical (unpaired) electrons. The monoisotopic (exact) mass is 384 g/mol. The number of carbonyl (C=O) groups is 2. The molecule has 0 fully saturated rings. The van der Waals surface area contributed by atoms with E-state index in [2.05, 4.69) is 89.7 Å². The zero-order valence-corrected chi connectivity index (χ0v) is 15.7. The van der Waals surface area contributed by atoms with Crippen molar-refractivity contribution < 1.29 is 39.8 Å². The minimum Gasteiger partial charge on any atom is -0.168 e. The van der Waals surface area contributed by atoms with Gasteiger partial charge >= 0.3 is 24.8 Å². The molecule has 0 spiro atoms. The van der Waals surface area contributed by atoms with Crippen LogP contribution in [-0.2, 0) is 29.6 Å². The SMILES string of the molecule is O=CO.O=CO.[CH2]=[Ti+2].c1ccc2[cH-]ccc2c1.c1ccc2[cH-]ccc2c1. The minimum atomic E-state index is -0.250. The van der Waals surface area contributed by atoms with E-state index in [4.69, 9.17) is 19.8 Å². The number of rotatable bonds is 0. The Labute approximate surface area is 164 Å². The Bertz CT molecular complexity index is 732. The molecule has 4 aromatic carbocycles. The smallest absolute Gasteiger partial charge is 0.0809 e. The van der Waals surface area contributed by atoms with Crippen LogP contribution < -0.4 is 0 Å². The molecular formula is C21H20O4Ti. The van der Waals surface area contributed by atoms with Gasteiger partial charge in [0.15, 0.2) is 0 Å². The third-order valence-corrected chi connectivity index (χ3v) is 3.10. The first kappa shape index (κ1) is 23.2. The quantitative estimate of drug-likeness (QED) is 0.266. The predicted octanol–water partition coefficient (Wildman–Crippen LogP) is 4.48. The summed E-state index contributed by atoms with van der Waals surface area (Å²) in [6, 6.07) is 29.3. The molecule has 0 bridgehead atoms. The van der Waals surface area contributed by atoms with Gasteiger partial charge in [-0.15, -0.1) is 59.3 Å². The molecule has 4 rings (SSSR count). The maximum Gasteiger partial charge on any atom is -0.0809 e. The topological polar surface area (TPSA) is 74.6 Å². The Hall–Kier alpha value is -2.82. The summed E-state index contributed by atoms with van der Waals surface area (Å²) in [4.78, 5) is 20.0. The minimum absolute atomic E-state index is 0.250. The summed E-state index contributed by atoms with van der Waals surface area (Å²) in [7, 11) is 0. The summed E-state index contributed by atoms with van der Waals surface area (Å²) in [5.74, 6) is 0. The molecule has 26 heavy (non-hydrogen) atoms. The van der Waals surface area contributed by atoms with Crippen LogP contribution in [0.3, 0.4) is 0 Å². The molecule has 0 saturated carbocycles. The first-order valence-corrected chi connectivity index (χ1v) is 8.59. The number of hydrogen-bond acceptors (Lipinski definition) is 2. The van der Waals surface area contributed by atoms with Crippen LogP contribution in [-0.4, -0.2) is 28.0 Å². The Morgan fingerprint density at radius 1 is 0.692 bits per heavy atom. The molecule has 0 unspecified atom stereocenters. The van der Waals surface area contributed by atoms with E-state index in [0.717, 1.165) is 0 Å². The number of benzene rings is 2. The van der Waals surface area contributed by atoms with E-state index < -0.39 is 0 Å². The molecule has 0 aromatic heterocycles. The van der Waals surface area contributed by atoms with Crippen LogP contribution in [0, 0.1) is 0 Å². The second-order valence-corrected chi connectivity index (χ2v) is 4.52. The van der Waals surface area contributed by atoms with Crippen LogP contribution in [0.15, 0.2) is 84.9 Å². The van der Waals surface area contributed by atoms with Crippen molar-refractivity contribution in [2.45, 2.75) is 0 Å². The Morgan fingerprint density at radius 3 is 1.31 bits per heavy atom. The normalized spacial score (nSPS) is 8.23. The molecule has 0 heterocycles. The summed E-state index contributed by atoms with van der Waals surface area (Å²) in [5.41, 5.74) is 0. The third-order valence-electron chi connectivity index (χ3n) is 3.10. The molecule has 4 nitrogen and oxygen atoms in total. The fourth-order valence-electron chi connectivity index (χ4n) is 2.14. The van der Waals surface area contributed by atoms with Crippen LogP contribution in [0.25, 0.3) is 21.5 Å². The summed E-state index contributed by atoms with van der Waals surface area (Å²) in [5, 5.41) is 19.1. The zero-order chi connectivity index (χ0) is 19.6. The molecule has 0 atom stereocenters. The van der Waals surface area contributed by atoms with E-state index in [0.29, 0.717) is 0 Å². The van der Waals surface area contributed by atoms with Gasteiger partial charge in [0.1, 0.15) is 0 Å². The van der Waals surface area contributed by atoms with Crippen molar-refractivity contribution in [2.75, 3.05) is 0 Å². The molecule has 0 aliphatic carbocycles. The van der Waals surface area contributed by atoms with E-state index >= 15 is 0 Å². The molecule has 5 heteroatoms. The van der Waals surface area contributed by atoms with Gasteiger partial charge in [0.05, 0.1) is 0 Å². The van der Waals surface area contributed by atoms with E-state index in [1.165, 1.54) is 21.5 Å². The fourth-order valence-corrected chi connectivity index (χ4v) is 2.14. The molecule has 132 valence electrons. The van der Waals surface area contributed by atoms with Gasteiger partial charge in [0.25, 0.3) is 12.9 Å². The maximum absolute atomic E-state index is 8.36. The summed E-state index contributed by atoms with van der Waals surface area (Å²) in [6.07, 6.45) is 0. The molecule has 0 saturated heterocycles. The van der Waals surface area contributed by atoms with Crippen molar-refractivity contribution in [3.8, 4) is 0 Å². The van der Waals surface area contributed by atoms with Gasteiger partial charge in [-0.05, 0) is 0 Å². The largest absolute Gasteiger partial charge is 0.168 e. The maximum atomic E-state index is 8.36. The second kappa shape index (κ2) is 15.7. The van der Waals surface area contributed by atoms with Gasteiger partial charge in [0.2, 0.25) is 0 Å². The number of carboxylic acid groups (broad SMARTS) is 2. The van der Waals surface area contributed by atoms with Crippen LogP contribution >= 0.6 is 0 Å². The van der Waals surface area contributed by atoms with Crippen LogP contribution in [0.5, 0.6) is 0 Å². The average molecular weight is 384 g/mol. The number of fused-ring (bicyclic) bond motifs is 2. The fraction of sp³-hybridized carbons (Fsp3) is 0. The second-order valence-electron chi connectivity index (χ2n) is 4.52. The standard InChI is InChI=1S/2C9H7.2CH2O2.CH2.Ti/c2*1-2-5-9-7-3-6-8(9)4-1;2*2-1-3;;/h2*1-7H;2*1H,(H,2,3);1H2;/q2*-1;;;;+2. The molecular weight excluding hydrogens is 364 g/mol.